The topological polar surface area (TPSA) is 40.5 Å². The molecule has 1 rings (SSSR count). The SMILES string of the molecule is OCCCCCC(O)C#Cc1ccccc1. The Morgan fingerprint density at radius 2 is 1.81 bits per heavy atom. The van der Waals surface area contributed by atoms with Crippen LogP contribution in [0.2, 0.25) is 0 Å². The molecule has 1 aromatic rings. The number of hydrogen-bond acceptors (Lipinski definition) is 2. The van der Waals surface area contributed by atoms with Crippen molar-refractivity contribution < 1.29 is 10.2 Å². The summed E-state index contributed by atoms with van der Waals surface area (Å²) in [5.41, 5.74) is 0.928. The van der Waals surface area contributed by atoms with Gasteiger partial charge in [-0.1, -0.05) is 36.5 Å². The van der Waals surface area contributed by atoms with Crippen LogP contribution in [0.1, 0.15) is 31.2 Å². The molecule has 0 fully saturated rings. The van der Waals surface area contributed by atoms with Crippen LogP contribution < -0.4 is 0 Å². The van der Waals surface area contributed by atoms with Gasteiger partial charge >= 0.3 is 0 Å². The van der Waals surface area contributed by atoms with Crippen LogP contribution in [0.4, 0.5) is 0 Å². The van der Waals surface area contributed by atoms with Crippen LogP contribution in [0.3, 0.4) is 0 Å². The Morgan fingerprint density at radius 1 is 1.06 bits per heavy atom. The molecular weight excluding hydrogens is 200 g/mol. The van der Waals surface area contributed by atoms with Crippen molar-refractivity contribution in [2.75, 3.05) is 6.61 Å². The van der Waals surface area contributed by atoms with E-state index in [-0.39, 0.29) is 6.61 Å². The highest BCUT2D eigenvalue weighted by molar-refractivity contribution is 5.34. The number of unbranched alkanes of at least 4 members (excludes halogenated alkanes) is 2. The number of aliphatic hydroxyl groups is 2. The predicted octanol–water partition coefficient (Wildman–Crippen LogP) is 1.95. The molecule has 86 valence electrons. The van der Waals surface area contributed by atoms with Crippen LogP contribution >= 0.6 is 0 Å². The van der Waals surface area contributed by atoms with Crippen LogP contribution in [0.15, 0.2) is 30.3 Å². The van der Waals surface area contributed by atoms with E-state index in [0.717, 1.165) is 24.8 Å². The third-order valence-corrected chi connectivity index (χ3v) is 2.29. The van der Waals surface area contributed by atoms with E-state index < -0.39 is 6.10 Å². The van der Waals surface area contributed by atoms with Crippen molar-refractivity contribution in [1.29, 1.82) is 0 Å². The van der Waals surface area contributed by atoms with Gasteiger partial charge in [0.15, 0.2) is 0 Å². The fourth-order valence-corrected chi connectivity index (χ4v) is 1.39. The molecule has 0 aliphatic carbocycles. The Hall–Kier alpha value is -1.30. The number of rotatable bonds is 5. The van der Waals surface area contributed by atoms with E-state index in [2.05, 4.69) is 11.8 Å². The molecule has 2 heteroatoms. The summed E-state index contributed by atoms with van der Waals surface area (Å²) < 4.78 is 0. The fourth-order valence-electron chi connectivity index (χ4n) is 1.39. The van der Waals surface area contributed by atoms with Crippen molar-refractivity contribution in [3.05, 3.63) is 35.9 Å². The molecule has 0 bridgehead atoms. The minimum absolute atomic E-state index is 0.228. The summed E-state index contributed by atoms with van der Waals surface area (Å²) in [4.78, 5) is 0. The second kappa shape index (κ2) is 7.92. The van der Waals surface area contributed by atoms with Crippen molar-refractivity contribution >= 4 is 0 Å². The molecule has 0 aliphatic heterocycles. The Morgan fingerprint density at radius 3 is 2.50 bits per heavy atom. The molecule has 0 radical (unpaired) electrons. The van der Waals surface area contributed by atoms with Gasteiger partial charge in [0.1, 0.15) is 6.10 Å². The monoisotopic (exact) mass is 218 g/mol. The van der Waals surface area contributed by atoms with Gasteiger partial charge < -0.3 is 10.2 Å². The van der Waals surface area contributed by atoms with Gasteiger partial charge in [-0.15, -0.1) is 0 Å². The molecule has 0 amide bonds. The second-order valence-corrected chi connectivity index (χ2v) is 3.72. The summed E-state index contributed by atoms with van der Waals surface area (Å²) in [6.45, 7) is 0.228. The highest BCUT2D eigenvalue weighted by atomic mass is 16.3. The van der Waals surface area contributed by atoms with Crippen molar-refractivity contribution in [3.8, 4) is 11.8 Å². The van der Waals surface area contributed by atoms with Gasteiger partial charge in [-0.2, -0.15) is 0 Å². The molecule has 1 atom stereocenters. The predicted molar refractivity (Wildman–Crippen MR) is 64.9 cm³/mol. The molecule has 16 heavy (non-hydrogen) atoms. The normalized spacial score (nSPS) is 11.6. The van der Waals surface area contributed by atoms with Gasteiger partial charge in [0.2, 0.25) is 0 Å². The van der Waals surface area contributed by atoms with E-state index >= 15 is 0 Å². The van der Waals surface area contributed by atoms with E-state index in [0.29, 0.717) is 6.42 Å². The summed E-state index contributed by atoms with van der Waals surface area (Å²) in [6.07, 6.45) is 2.78. The molecule has 0 spiro atoms. The molecule has 1 aromatic carbocycles. The first-order chi connectivity index (χ1) is 7.83. The Balaban J connectivity index is 2.29. The summed E-state index contributed by atoms with van der Waals surface area (Å²) in [6, 6.07) is 9.64. The lowest BCUT2D eigenvalue weighted by atomic mass is 10.1. The third kappa shape index (κ3) is 5.55. The highest BCUT2D eigenvalue weighted by Gasteiger charge is 1.98. The lowest BCUT2D eigenvalue weighted by Crippen LogP contribution is -2.02. The zero-order chi connectivity index (χ0) is 11.6. The zero-order valence-electron chi connectivity index (χ0n) is 9.39. The molecule has 0 saturated heterocycles. The van der Waals surface area contributed by atoms with Crippen molar-refractivity contribution in [3.63, 3.8) is 0 Å². The Bertz CT molecular complexity index is 335. The van der Waals surface area contributed by atoms with Crippen LogP contribution in [-0.4, -0.2) is 22.9 Å². The molecule has 0 aliphatic rings. The summed E-state index contributed by atoms with van der Waals surface area (Å²) >= 11 is 0. The first kappa shape index (κ1) is 12.8. The van der Waals surface area contributed by atoms with E-state index in [1.807, 2.05) is 30.3 Å². The lowest BCUT2D eigenvalue weighted by molar-refractivity contribution is 0.214. The van der Waals surface area contributed by atoms with Gasteiger partial charge in [0.05, 0.1) is 0 Å². The first-order valence-electron chi connectivity index (χ1n) is 5.68. The van der Waals surface area contributed by atoms with Crippen LogP contribution in [0.5, 0.6) is 0 Å². The van der Waals surface area contributed by atoms with E-state index in [1.165, 1.54) is 0 Å². The Kier molecular flexibility index (Phi) is 6.32. The van der Waals surface area contributed by atoms with Gasteiger partial charge in [-0.25, -0.2) is 0 Å². The van der Waals surface area contributed by atoms with Gasteiger partial charge in [0.25, 0.3) is 0 Å². The van der Waals surface area contributed by atoms with Crippen molar-refractivity contribution in [1.82, 2.24) is 0 Å². The van der Waals surface area contributed by atoms with Crippen LogP contribution in [-0.2, 0) is 0 Å². The van der Waals surface area contributed by atoms with Crippen LogP contribution in [0, 0.1) is 11.8 Å². The van der Waals surface area contributed by atoms with Crippen LogP contribution in [0.25, 0.3) is 0 Å². The second-order valence-electron chi connectivity index (χ2n) is 3.72. The van der Waals surface area contributed by atoms with Gasteiger partial charge in [-0.3, -0.25) is 0 Å². The van der Waals surface area contributed by atoms with Crippen molar-refractivity contribution in [2.24, 2.45) is 0 Å². The number of hydrogen-bond donors (Lipinski definition) is 2. The molecule has 0 saturated carbocycles. The Labute approximate surface area is 96.9 Å². The zero-order valence-corrected chi connectivity index (χ0v) is 9.39. The summed E-state index contributed by atoms with van der Waals surface area (Å²) in [5.74, 6) is 5.75. The third-order valence-electron chi connectivity index (χ3n) is 2.29. The average Bonchev–Trinajstić information content (AvgIpc) is 2.33. The molecular formula is C14H18O2. The summed E-state index contributed by atoms with van der Waals surface area (Å²) in [7, 11) is 0. The highest BCUT2D eigenvalue weighted by Crippen LogP contribution is 2.03. The largest absolute Gasteiger partial charge is 0.396 e. The maximum Gasteiger partial charge on any atom is 0.115 e. The van der Waals surface area contributed by atoms with E-state index in [9.17, 15) is 5.11 Å². The quantitative estimate of drug-likeness (QED) is 0.586. The molecule has 2 N–H and O–H groups in total. The number of aliphatic hydroxyl groups excluding tert-OH is 2. The average molecular weight is 218 g/mol. The first-order valence-corrected chi connectivity index (χ1v) is 5.68. The molecule has 2 nitrogen and oxygen atoms in total. The maximum atomic E-state index is 9.57. The molecule has 0 aromatic heterocycles. The van der Waals surface area contributed by atoms with Crippen molar-refractivity contribution in [2.45, 2.75) is 31.8 Å². The number of benzene rings is 1. The molecule has 1 unspecified atom stereocenters. The van der Waals surface area contributed by atoms with E-state index in [4.69, 9.17) is 5.11 Å². The minimum atomic E-state index is -0.557. The lowest BCUT2D eigenvalue weighted by Gasteiger charge is -2.01. The smallest absolute Gasteiger partial charge is 0.115 e. The van der Waals surface area contributed by atoms with Gasteiger partial charge in [-0.05, 0) is 31.4 Å². The minimum Gasteiger partial charge on any atom is -0.396 e. The summed E-state index contributed by atoms with van der Waals surface area (Å²) in [5, 5.41) is 18.2. The standard InChI is InChI=1S/C14H18O2/c15-12-6-2-5-9-14(16)11-10-13-7-3-1-4-8-13/h1,3-4,7-8,14-16H,2,5-6,9,12H2. The van der Waals surface area contributed by atoms with E-state index in [1.54, 1.807) is 0 Å². The maximum absolute atomic E-state index is 9.57. The molecule has 0 heterocycles. The fraction of sp³-hybridized carbons (Fsp3) is 0.429. The van der Waals surface area contributed by atoms with Gasteiger partial charge in [0, 0.05) is 12.2 Å².